The van der Waals surface area contributed by atoms with Crippen molar-refractivity contribution in [2.45, 2.75) is 40.0 Å². The van der Waals surface area contributed by atoms with Crippen molar-refractivity contribution in [2.75, 3.05) is 0 Å². The Morgan fingerprint density at radius 3 is 2.47 bits per heavy atom. The molecule has 0 bridgehead atoms. The summed E-state index contributed by atoms with van der Waals surface area (Å²) in [7, 11) is 1.85. The van der Waals surface area contributed by atoms with Gasteiger partial charge in [-0.2, -0.15) is 5.10 Å². The Balaban J connectivity index is 2.72. The number of aromatic nitrogens is 2. The fraction of sp³-hybridized carbons (Fsp3) is 0.667. The van der Waals surface area contributed by atoms with E-state index in [1.54, 1.807) is 4.68 Å². The van der Waals surface area contributed by atoms with E-state index in [1.807, 2.05) is 20.2 Å². The van der Waals surface area contributed by atoms with Crippen LogP contribution in [-0.4, -0.2) is 15.6 Å². The highest BCUT2D eigenvalue weighted by Crippen LogP contribution is 2.17. The number of ketones is 1. The quantitative estimate of drug-likeness (QED) is 0.697. The fourth-order valence-electron chi connectivity index (χ4n) is 1.82. The Hall–Kier alpha value is -1.12. The molecule has 84 valence electrons. The molecule has 1 aromatic rings. The lowest BCUT2D eigenvalue weighted by molar-refractivity contribution is 0.0958. The first kappa shape index (κ1) is 12.0. The third-order valence-electron chi connectivity index (χ3n) is 2.94. The topological polar surface area (TPSA) is 34.9 Å². The van der Waals surface area contributed by atoms with Crippen LogP contribution in [0, 0.1) is 12.8 Å². The van der Waals surface area contributed by atoms with Crippen LogP contribution in [0.15, 0.2) is 6.20 Å². The monoisotopic (exact) mass is 208 g/mol. The number of carbonyl (C=O) groups is 1. The first-order valence-corrected chi connectivity index (χ1v) is 5.61. The van der Waals surface area contributed by atoms with Crippen LogP contribution in [0.1, 0.15) is 49.2 Å². The Kier molecular flexibility index (Phi) is 4.06. The zero-order chi connectivity index (χ0) is 11.4. The van der Waals surface area contributed by atoms with Crippen LogP contribution < -0.4 is 0 Å². The average molecular weight is 208 g/mol. The molecule has 0 N–H and O–H groups in total. The molecule has 3 nitrogen and oxygen atoms in total. The highest BCUT2D eigenvalue weighted by atomic mass is 16.1. The van der Waals surface area contributed by atoms with E-state index >= 15 is 0 Å². The standard InChI is InChI=1S/C12H20N2O/c1-5-10(6-2)7-12(15)11-8-14(4)13-9(11)3/h8,10H,5-7H2,1-4H3. The summed E-state index contributed by atoms with van der Waals surface area (Å²) >= 11 is 0. The van der Waals surface area contributed by atoms with E-state index < -0.39 is 0 Å². The summed E-state index contributed by atoms with van der Waals surface area (Å²) in [6.45, 7) is 6.16. The van der Waals surface area contributed by atoms with Crippen LogP contribution in [0.4, 0.5) is 0 Å². The van der Waals surface area contributed by atoms with Gasteiger partial charge in [0, 0.05) is 19.7 Å². The van der Waals surface area contributed by atoms with Gasteiger partial charge in [-0.1, -0.05) is 26.7 Å². The van der Waals surface area contributed by atoms with Crippen LogP contribution in [-0.2, 0) is 7.05 Å². The number of aryl methyl sites for hydroxylation is 2. The van der Waals surface area contributed by atoms with Gasteiger partial charge in [-0.05, 0) is 12.8 Å². The van der Waals surface area contributed by atoms with Crippen LogP contribution in [0.25, 0.3) is 0 Å². The molecule has 0 atom stereocenters. The van der Waals surface area contributed by atoms with Gasteiger partial charge in [0.05, 0.1) is 11.3 Å². The predicted octanol–water partition coefficient (Wildman–Crippen LogP) is 2.74. The summed E-state index contributed by atoms with van der Waals surface area (Å²) in [4.78, 5) is 12.0. The van der Waals surface area contributed by atoms with Gasteiger partial charge in [0.2, 0.25) is 0 Å². The summed E-state index contributed by atoms with van der Waals surface area (Å²) in [5, 5.41) is 4.19. The molecule has 1 rings (SSSR count). The second-order valence-corrected chi connectivity index (χ2v) is 4.11. The zero-order valence-corrected chi connectivity index (χ0v) is 10.1. The van der Waals surface area contributed by atoms with E-state index in [0.717, 1.165) is 24.1 Å². The van der Waals surface area contributed by atoms with Gasteiger partial charge in [0.25, 0.3) is 0 Å². The molecule has 3 heteroatoms. The van der Waals surface area contributed by atoms with Crippen molar-refractivity contribution in [2.24, 2.45) is 13.0 Å². The number of nitrogens with zero attached hydrogens (tertiary/aromatic N) is 2. The molecule has 0 aliphatic rings. The molecule has 0 radical (unpaired) electrons. The van der Waals surface area contributed by atoms with Crippen molar-refractivity contribution in [1.82, 2.24) is 9.78 Å². The third kappa shape index (κ3) is 2.91. The molecular formula is C12H20N2O. The van der Waals surface area contributed by atoms with E-state index in [0.29, 0.717) is 12.3 Å². The van der Waals surface area contributed by atoms with Crippen LogP contribution in [0.2, 0.25) is 0 Å². The Morgan fingerprint density at radius 2 is 2.07 bits per heavy atom. The molecule has 0 unspecified atom stereocenters. The highest BCUT2D eigenvalue weighted by Gasteiger charge is 2.16. The normalized spacial score (nSPS) is 11.0. The lowest BCUT2D eigenvalue weighted by Gasteiger charge is -2.09. The number of Topliss-reactive ketones (excluding diaryl/α,β-unsaturated/α-hetero) is 1. The van der Waals surface area contributed by atoms with E-state index in [-0.39, 0.29) is 5.78 Å². The molecule has 0 saturated carbocycles. The van der Waals surface area contributed by atoms with Gasteiger partial charge in [-0.15, -0.1) is 0 Å². The zero-order valence-electron chi connectivity index (χ0n) is 10.1. The second-order valence-electron chi connectivity index (χ2n) is 4.11. The van der Waals surface area contributed by atoms with Crippen LogP contribution in [0.5, 0.6) is 0 Å². The molecule has 0 spiro atoms. The fourth-order valence-corrected chi connectivity index (χ4v) is 1.82. The highest BCUT2D eigenvalue weighted by molar-refractivity contribution is 5.96. The average Bonchev–Trinajstić information content (AvgIpc) is 2.54. The Labute approximate surface area is 91.5 Å². The summed E-state index contributed by atoms with van der Waals surface area (Å²) < 4.78 is 1.70. The summed E-state index contributed by atoms with van der Waals surface area (Å²) in [5.41, 5.74) is 1.62. The van der Waals surface area contributed by atoms with E-state index in [9.17, 15) is 4.79 Å². The van der Waals surface area contributed by atoms with Gasteiger partial charge in [-0.3, -0.25) is 9.48 Å². The van der Waals surface area contributed by atoms with Crippen molar-refractivity contribution in [1.29, 1.82) is 0 Å². The molecule has 0 aliphatic heterocycles. The Morgan fingerprint density at radius 1 is 1.47 bits per heavy atom. The third-order valence-corrected chi connectivity index (χ3v) is 2.94. The molecule has 0 aliphatic carbocycles. The maximum Gasteiger partial charge on any atom is 0.166 e. The smallest absolute Gasteiger partial charge is 0.166 e. The number of hydrogen-bond acceptors (Lipinski definition) is 2. The Bertz CT molecular complexity index is 337. The number of rotatable bonds is 5. The second kappa shape index (κ2) is 5.10. The van der Waals surface area contributed by atoms with Gasteiger partial charge < -0.3 is 0 Å². The molecule has 15 heavy (non-hydrogen) atoms. The van der Waals surface area contributed by atoms with Crippen LogP contribution in [0.3, 0.4) is 0 Å². The molecule has 0 fully saturated rings. The molecule has 0 aromatic carbocycles. The number of carbonyl (C=O) groups excluding carboxylic acids is 1. The summed E-state index contributed by atoms with van der Waals surface area (Å²) in [5.74, 6) is 0.742. The molecule has 0 amide bonds. The molecule has 1 heterocycles. The van der Waals surface area contributed by atoms with Crippen molar-refractivity contribution >= 4 is 5.78 Å². The molecular weight excluding hydrogens is 188 g/mol. The van der Waals surface area contributed by atoms with E-state index in [2.05, 4.69) is 18.9 Å². The lowest BCUT2D eigenvalue weighted by Crippen LogP contribution is -2.07. The predicted molar refractivity (Wildman–Crippen MR) is 61.0 cm³/mol. The maximum atomic E-state index is 12.0. The first-order valence-electron chi connectivity index (χ1n) is 5.61. The van der Waals surface area contributed by atoms with Gasteiger partial charge in [0.15, 0.2) is 5.78 Å². The first-order chi connectivity index (χ1) is 7.08. The van der Waals surface area contributed by atoms with Crippen molar-refractivity contribution in [3.63, 3.8) is 0 Å². The molecule has 1 aromatic heterocycles. The van der Waals surface area contributed by atoms with Gasteiger partial charge in [-0.25, -0.2) is 0 Å². The van der Waals surface area contributed by atoms with Crippen molar-refractivity contribution < 1.29 is 4.79 Å². The van der Waals surface area contributed by atoms with Gasteiger partial charge in [0.1, 0.15) is 0 Å². The van der Waals surface area contributed by atoms with Crippen molar-refractivity contribution in [3.8, 4) is 0 Å². The van der Waals surface area contributed by atoms with Crippen LogP contribution >= 0.6 is 0 Å². The molecule has 0 saturated heterocycles. The summed E-state index contributed by atoms with van der Waals surface area (Å²) in [6, 6.07) is 0. The minimum absolute atomic E-state index is 0.231. The minimum Gasteiger partial charge on any atom is -0.294 e. The van der Waals surface area contributed by atoms with E-state index in [4.69, 9.17) is 0 Å². The minimum atomic E-state index is 0.231. The van der Waals surface area contributed by atoms with Crippen molar-refractivity contribution in [3.05, 3.63) is 17.5 Å². The maximum absolute atomic E-state index is 12.0. The summed E-state index contributed by atoms with van der Waals surface area (Å²) in [6.07, 6.45) is 4.61. The lowest BCUT2D eigenvalue weighted by atomic mass is 9.94. The van der Waals surface area contributed by atoms with E-state index in [1.165, 1.54) is 0 Å². The van der Waals surface area contributed by atoms with Gasteiger partial charge >= 0.3 is 0 Å². The largest absolute Gasteiger partial charge is 0.294 e. The SMILES string of the molecule is CCC(CC)CC(=O)c1cn(C)nc1C. The number of hydrogen-bond donors (Lipinski definition) is 0.